The molecule has 0 aromatic heterocycles. The Labute approximate surface area is 165 Å². The van der Waals surface area contributed by atoms with Crippen molar-refractivity contribution in [2.45, 2.75) is 71.1 Å². The topological polar surface area (TPSA) is 13.6 Å². The Morgan fingerprint density at radius 2 is 1.15 bits per heavy atom. The van der Waals surface area contributed by atoms with Crippen LogP contribution in [-0.4, -0.2) is 6.61 Å². The number of ether oxygens (including phenoxy) is 1. The summed E-state index contributed by atoms with van der Waals surface area (Å²) >= 11 is 0. The van der Waals surface area contributed by atoms with Crippen molar-refractivity contribution in [1.82, 2.24) is 0 Å². The van der Waals surface area contributed by atoms with E-state index in [9.17, 15) is 0 Å². The number of hydrogen-bond donors (Lipinski definition) is 0. The van der Waals surface area contributed by atoms with Gasteiger partial charge in [-0.1, -0.05) is 101 Å². The fraction of sp³-hybridized carbons (Fsp3) is 0.480. The third-order valence-corrected chi connectivity index (χ3v) is 4.95. The molecule has 0 aliphatic rings. The van der Waals surface area contributed by atoms with Crippen molar-refractivity contribution in [2.75, 3.05) is 6.61 Å². The minimum atomic E-state index is 0.676. The summed E-state index contributed by atoms with van der Waals surface area (Å²) in [6.45, 7) is 10.1. The lowest BCUT2D eigenvalue weighted by Gasteiger charge is -2.08. The molecule has 2 nitrogen and oxygen atoms in total. The standard InChI is InChI=1S/C25H33NO/c1-3-4-5-6-7-8-9-10-11-12-21-27-25-19-15-23(16-20-25)22-13-17-24(26-2)18-14-22/h13-20H,3-12,21H2,1H3. The van der Waals surface area contributed by atoms with Crippen LogP contribution in [0.3, 0.4) is 0 Å². The first-order valence-electron chi connectivity index (χ1n) is 10.5. The SMILES string of the molecule is [C-]#[N+]c1ccc(-c2ccc(OCCCCCCCCCCCC)cc2)cc1. The maximum atomic E-state index is 7.01. The molecule has 0 unspecified atom stereocenters. The predicted octanol–water partition coefficient (Wildman–Crippen LogP) is 8.20. The molecule has 0 heterocycles. The lowest BCUT2D eigenvalue weighted by atomic mass is 10.1. The molecular weight excluding hydrogens is 330 g/mol. The van der Waals surface area contributed by atoms with E-state index < -0.39 is 0 Å². The molecule has 0 fully saturated rings. The molecule has 27 heavy (non-hydrogen) atoms. The molecule has 2 rings (SSSR count). The number of benzene rings is 2. The summed E-state index contributed by atoms with van der Waals surface area (Å²) in [6.07, 6.45) is 13.4. The molecular formula is C25H33NO. The third kappa shape index (κ3) is 8.31. The van der Waals surface area contributed by atoms with Gasteiger partial charge in [0.15, 0.2) is 5.69 Å². The van der Waals surface area contributed by atoms with Crippen molar-refractivity contribution in [2.24, 2.45) is 0 Å². The molecule has 0 aliphatic heterocycles. The van der Waals surface area contributed by atoms with Crippen LogP contribution in [0.4, 0.5) is 5.69 Å². The second-order valence-electron chi connectivity index (χ2n) is 7.21. The van der Waals surface area contributed by atoms with Crippen LogP contribution in [-0.2, 0) is 0 Å². The Morgan fingerprint density at radius 1 is 0.667 bits per heavy atom. The molecule has 2 aromatic carbocycles. The Morgan fingerprint density at radius 3 is 1.67 bits per heavy atom. The van der Waals surface area contributed by atoms with Crippen molar-refractivity contribution < 1.29 is 4.74 Å². The molecule has 0 amide bonds. The van der Waals surface area contributed by atoms with E-state index in [1.807, 2.05) is 36.4 Å². The van der Waals surface area contributed by atoms with Crippen LogP contribution in [0.5, 0.6) is 5.75 Å². The zero-order chi connectivity index (χ0) is 19.2. The monoisotopic (exact) mass is 363 g/mol. The number of nitrogens with zero attached hydrogens (tertiary/aromatic N) is 1. The molecule has 0 bridgehead atoms. The van der Waals surface area contributed by atoms with E-state index in [0.29, 0.717) is 5.69 Å². The second kappa shape index (κ2) is 13.0. The van der Waals surface area contributed by atoms with Crippen molar-refractivity contribution in [3.8, 4) is 16.9 Å². The normalized spacial score (nSPS) is 10.5. The van der Waals surface area contributed by atoms with Gasteiger partial charge in [0.25, 0.3) is 0 Å². The molecule has 0 saturated carbocycles. The van der Waals surface area contributed by atoms with Crippen LogP contribution in [0.2, 0.25) is 0 Å². The van der Waals surface area contributed by atoms with E-state index in [1.165, 1.54) is 57.8 Å². The van der Waals surface area contributed by atoms with E-state index in [0.717, 1.165) is 29.9 Å². The smallest absolute Gasteiger partial charge is 0.187 e. The van der Waals surface area contributed by atoms with E-state index in [4.69, 9.17) is 11.3 Å². The second-order valence-corrected chi connectivity index (χ2v) is 7.21. The maximum absolute atomic E-state index is 7.01. The molecule has 0 N–H and O–H groups in total. The fourth-order valence-electron chi connectivity index (χ4n) is 3.25. The van der Waals surface area contributed by atoms with Gasteiger partial charge >= 0.3 is 0 Å². The van der Waals surface area contributed by atoms with E-state index in [2.05, 4.69) is 23.9 Å². The Bertz CT molecular complexity index is 667. The van der Waals surface area contributed by atoms with Gasteiger partial charge in [0.05, 0.1) is 13.2 Å². The van der Waals surface area contributed by atoms with E-state index in [-0.39, 0.29) is 0 Å². The summed E-state index contributed by atoms with van der Waals surface area (Å²) in [7, 11) is 0. The Balaban J connectivity index is 1.57. The first-order chi connectivity index (χ1) is 13.3. The Hall–Kier alpha value is -2.27. The lowest BCUT2D eigenvalue weighted by molar-refractivity contribution is 0.304. The molecule has 0 aliphatic carbocycles. The highest BCUT2D eigenvalue weighted by Gasteiger charge is 2.00. The highest BCUT2D eigenvalue weighted by molar-refractivity contribution is 5.66. The van der Waals surface area contributed by atoms with Crippen molar-refractivity contribution >= 4 is 5.69 Å². The van der Waals surface area contributed by atoms with Crippen molar-refractivity contribution in [1.29, 1.82) is 0 Å². The first-order valence-corrected chi connectivity index (χ1v) is 10.5. The summed E-state index contributed by atoms with van der Waals surface area (Å²) in [5, 5.41) is 0. The minimum absolute atomic E-state index is 0.676. The van der Waals surface area contributed by atoms with Gasteiger partial charge in [-0.3, -0.25) is 0 Å². The summed E-state index contributed by atoms with van der Waals surface area (Å²) in [5.74, 6) is 0.937. The Kier molecular flexibility index (Phi) is 10.1. The maximum Gasteiger partial charge on any atom is 0.187 e. The van der Waals surface area contributed by atoms with E-state index >= 15 is 0 Å². The van der Waals surface area contributed by atoms with Crippen LogP contribution in [0.25, 0.3) is 16.0 Å². The zero-order valence-corrected chi connectivity index (χ0v) is 16.8. The van der Waals surface area contributed by atoms with Crippen molar-refractivity contribution in [3.05, 3.63) is 59.9 Å². The van der Waals surface area contributed by atoms with Crippen molar-refractivity contribution in [3.63, 3.8) is 0 Å². The van der Waals surface area contributed by atoms with Crippen LogP contribution in [0, 0.1) is 6.57 Å². The van der Waals surface area contributed by atoms with Gasteiger partial charge in [-0.2, -0.15) is 0 Å². The van der Waals surface area contributed by atoms with Gasteiger partial charge in [0.2, 0.25) is 0 Å². The van der Waals surface area contributed by atoms with E-state index in [1.54, 1.807) is 0 Å². The van der Waals surface area contributed by atoms with Gasteiger partial charge in [0, 0.05) is 0 Å². The summed E-state index contributed by atoms with van der Waals surface area (Å²) in [4.78, 5) is 3.43. The molecule has 0 atom stereocenters. The van der Waals surface area contributed by atoms with Crippen LogP contribution in [0.1, 0.15) is 71.1 Å². The highest BCUT2D eigenvalue weighted by atomic mass is 16.5. The number of rotatable bonds is 13. The van der Waals surface area contributed by atoms with Gasteiger partial charge in [-0.25, -0.2) is 4.85 Å². The fourth-order valence-corrected chi connectivity index (χ4v) is 3.25. The highest BCUT2D eigenvalue weighted by Crippen LogP contribution is 2.25. The van der Waals surface area contributed by atoms with Crippen LogP contribution < -0.4 is 4.74 Å². The number of hydrogen-bond acceptors (Lipinski definition) is 1. The van der Waals surface area contributed by atoms with Gasteiger partial charge in [-0.15, -0.1) is 0 Å². The molecule has 0 saturated heterocycles. The van der Waals surface area contributed by atoms with Gasteiger partial charge in [-0.05, 0) is 29.7 Å². The average molecular weight is 364 g/mol. The summed E-state index contributed by atoms with van der Waals surface area (Å²) in [5.41, 5.74) is 2.96. The molecule has 2 aromatic rings. The molecule has 2 heteroatoms. The number of unbranched alkanes of at least 4 members (excludes halogenated alkanes) is 9. The quantitative estimate of drug-likeness (QED) is 0.258. The average Bonchev–Trinajstić information content (AvgIpc) is 2.72. The first kappa shape index (κ1) is 21.0. The zero-order valence-electron chi connectivity index (χ0n) is 16.8. The largest absolute Gasteiger partial charge is 0.494 e. The molecule has 0 radical (unpaired) electrons. The van der Waals surface area contributed by atoms with Crippen LogP contribution >= 0.6 is 0 Å². The third-order valence-electron chi connectivity index (χ3n) is 4.95. The lowest BCUT2D eigenvalue weighted by Crippen LogP contribution is -1.97. The van der Waals surface area contributed by atoms with Gasteiger partial charge in [0.1, 0.15) is 5.75 Å². The molecule has 0 spiro atoms. The predicted molar refractivity (Wildman–Crippen MR) is 115 cm³/mol. The van der Waals surface area contributed by atoms with Gasteiger partial charge < -0.3 is 4.74 Å². The molecule has 144 valence electrons. The summed E-state index contributed by atoms with van der Waals surface area (Å²) in [6, 6.07) is 15.9. The minimum Gasteiger partial charge on any atom is -0.494 e. The van der Waals surface area contributed by atoms with Crippen LogP contribution in [0.15, 0.2) is 48.5 Å². The summed E-state index contributed by atoms with van der Waals surface area (Å²) < 4.78 is 5.87.